The van der Waals surface area contributed by atoms with Gasteiger partial charge in [-0.2, -0.15) is 13.2 Å². The molecule has 0 aliphatic carbocycles. The van der Waals surface area contributed by atoms with E-state index >= 15 is 0 Å². The van der Waals surface area contributed by atoms with E-state index < -0.39 is 12.1 Å². The Kier molecular flexibility index (Phi) is 7.08. The van der Waals surface area contributed by atoms with Crippen molar-refractivity contribution in [2.45, 2.75) is 32.9 Å². The molecular weight excluding hydrogens is 343 g/mol. The minimum Gasteiger partial charge on any atom is -0.496 e. The largest absolute Gasteiger partial charge is 0.496 e. The molecule has 140 valence electrons. The van der Waals surface area contributed by atoms with E-state index in [1.165, 1.54) is 21.1 Å². The van der Waals surface area contributed by atoms with E-state index in [4.69, 9.17) is 9.47 Å². The van der Waals surface area contributed by atoms with Crippen LogP contribution >= 0.6 is 0 Å². The van der Waals surface area contributed by atoms with Crippen LogP contribution in [0.25, 0.3) is 0 Å². The number of carbonyl (C=O) groups is 2. The Morgan fingerprint density at radius 2 is 1.80 bits per heavy atom. The Balaban J connectivity index is 3.42. The molecule has 0 saturated carbocycles. The van der Waals surface area contributed by atoms with Crippen LogP contribution < -0.4 is 19.5 Å². The van der Waals surface area contributed by atoms with Crippen molar-refractivity contribution in [2.24, 2.45) is 0 Å². The van der Waals surface area contributed by atoms with Crippen LogP contribution in [-0.2, 0) is 22.4 Å². The molecule has 1 amide bonds. The number of carbonyl (C=O) groups excluding carboxylic acids is 2. The summed E-state index contributed by atoms with van der Waals surface area (Å²) in [4.78, 5) is 22.3. The summed E-state index contributed by atoms with van der Waals surface area (Å²) in [7, 11) is 2.61. The normalized spacial score (nSPS) is 11.0. The van der Waals surface area contributed by atoms with Gasteiger partial charge in [-0.05, 0) is 18.9 Å². The van der Waals surface area contributed by atoms with Crippen molar-refractivity contribution in [1.29, 1.82) is 0 Å². The third-order valence-electron chi connectivity index (χ3n) is 3.35. The average Bonchev–Trinajstić information content (AvgIpc) is 2.53. The third kappa shape index (κ3) is 5.27. The molecule has 1 aromatic rings. The number of hydrogen-bond acceptors (Lipinski definition) is 5. The zero-order chi connectivity index (χ0) is 19.2. The lowest BCUT2D eigenvalue weighted by molar-refractivity contribution is -0.189. The molecule has 0 unspecified atom stereocenters. The molecule has 0 radical (unpaired) electrons. The van der Waals surface area contributed by atoms with E-state index in [9.17, 15) is 22.8 Å². The van der Waals surface area contributed by atoms with Crippen LogP contribution in [0.2, 0.25) is 0 Å². The topological polar surface area (TPSA) is 73.9 Å². The minimum absolute atomic E-state index is 0.0266. The molecule has 0 spiro atoms. The zero-order valence-electron chi connectivity index (χ0n) is 14.4. The molecule has 6 nitrogen and oxygen atoms in total. The molecule has 0 aliphatic heterocycles. The predicted octanol–water partition coefficient (Wildman–Crippen LogP) is 2.41. The third-order valence-corrected chi connectivity index (χ3v) is 3.35. The van der Waals surface area contributed by atoms with E-state index in [-0.39, 0.29) is 41.7 Å². The number of methoxy groups -OCH3 is 2. The van der Waals surface area contributed by atoms with Crippen molar-refractivity contribution in [3.8, 4) is 17.2 Å². The number of amides is 1. The zero-order valence-corrected chi connectivity index (χ0v) is 14.4. The van der Waals surface area contributed by atoms with Gasteiger partial charge in [-0.15, -0.1) is 0 Å². The maximum absolute atomic E-state index is 12.6. The molecule has 9 heteroatoms. The predicted molar refractivity (Wildman–Crippen MR) is 83.0 cm³/mol. The van der Waals surface area contributed by atoms with Gasteiger partial charge < -0.3 is 19.5 Å². The molecule has 0 atom stereocenters. The Labute approximate surface area is 143 Å². The SMILES string of the molecule is CCc1cc(OC)c(CCNC(C)=O)c(OC(=O)C(F)(F)F)c1OC. The van der Waals surface area contributed by atoms with Crippen molar-refractivity contribution in [3.05, 3.63) is 17.2 Å². The van der Waals surface area contributed by atoms with Gasteiger partial charge in [-0.3, -0.25) is 4.79 Å². The van der Waals surface area contributed by atoms with Crippen molar-refractivity contribution in [1.82, 2.24) is 5.32 Å². The molecule has 0 heterocycles. The number of alkyl halides is 3. The summed E-state index contributed by atoms with van der Waals surface area (Å²) in [5.41, 5.74) is 0.718. The van der Waals surface area contributed by atoms with Gasteiger partial charge in [0.15, 0.2) is 11.5 Å². The monoisotopic (exact) mass is 363 g/mol. The fourth-order valence-electron chi connectivity index (χ4n) is 2.23. The van der Waals surface area contributed by atoms with Gasteiger partial charge in [0.2, 0.25) is 5.91 Å². The first kappa shape index (κ1) is 20.6. The highest BCUT2D eigenvalue weighted by Crippen LogP contribution is 2.42. The molecule has 25 heavy (non-hydrogen) atoms. The number of ether oxygens (including phenoxy) is 3. The summed E-state index contributed by atoms with van der Waals surface area (Å²) in [6.07, 6.45) is -4.65. The van der Waals surface area contributed by atoms with Crippen LogP contribution in [0.4, 0.5) is 13.2 Å². The second-order valence-corrected chi connectivity index (χ2v) is 5.05. The summed E-state index contributed by atoms with van der Waals surface area (Å²) in [5.74, 6) is -2.75. The highest BCUT2D eigenvalue weighted by molar-refractivity contribution is 5.80. The van der Waals surface area contributed by atoms with Crippen molar-refractivity contribution in [3.63, 3.8) is 0 Å². The van der Waals surface area contributed by atoms with Crippen LogP contribution in [0.15, 0.2) is 6.07 Å². The quantitative estimate of drug-likeness (QED) is 0.595. The summed E-state index contributed by atoms with van der Waals surface area (Å²) in [6, 6.07) is 1.60. The van der Waals surface area contributed by atoms with E-state index in [2.05, 4.69) is 10.1 Å². The Morgan fingerprint density at radius 3 is 2.24 bits per heavy atom. The first-order valence-corrected chi connectivity index (χ1v) is 7.45. The van der Waals surface area contributed by atoms with Crippen molar-refractivity contribution < 1.29 is 37.0 Å². The molecule has 1 N–H and O–H groups in total. The molecule has 0 fully saturated rings. The Bertz CT molecular complexity index is 644. The van der Waals surface area contributed by atoms with Gasteiger partial charge in [-0.1, -0.05) is 6.92 Å². The molecule has 1 rings (SSSR count). The lowest BCUT2D eigenvalue weighted by Crippen LogP contribution is -2.29. The van der Waals surface area contributed by atoms with Crippen molar-refractivity contribution in [2.75, 3.05) is 20.8 Å². The maximum atomic E-state index is 12.6. The lowest BCUT2D eigenvalue weighted by atomic mass is 10.0. The smallest absolute Gasteiger partial charge is 0.491 e. The van der Waals surface area contributed by atoms with Gasteiger partial charge in [0.25, 0.3) is 0 Å². The second-order valence-electron chi connectivity index (χ2n) is 5.05. The Morgan fingerprint density at radius 1 is 1.16 bits per heavy atom. The molecular formula is C16H20F3NO5. The number of hydrogen-bond donors (Lipinski definition) is 1. The number of esters is 1. The Hall–Kier alpha value is -2.45. The number of aryl methyl sites for hydroxylation is 1. The standard InChI is InChI=1S/C16H20F3NO5/c1-5-10-8-12(23-3)11(6-7-20-9(2)21)14(13(10)24-4)25-15(22)16(17,18)19/h8H,5-7H2,1-4H3,(H,20,21). The number of halogens is 3. The molecule has 0 bridgehead atoms. The number of benzene rings is 1. The van der Waals surface area contributed by atoms with Crippen LogP contribution in [-0.4, -0.2) is 38.8 Å². The molecule has 1 aromatic carbocycles. The van der Waals surface area contributed by atoms with E-state index in [1.54, 1.807) is 13.0 Å². The van der Waals surface area contributed by atoms with E-state index in [0.29, 0.717) is 12.0 Å². The number of nitrogens with one attached hydrogen (secondary N) is 1. The molecule has 0 aromatic heterocycles. The van der Waals surface area contributed by atoms with Crippen LogP contribution in [0.3, 0.4) is 0 Å². The first-order chi connectivity index (χ1) is 11.6. The highest BCUT2D eigenvalue weighted by atomic mass is 19.4. The van der Waals surface area contributed by atoms with Gasteiger partial charge in [-0.25, -0.2) is 4.79 Å². The summed E-state index contributed by atoms with van der Waals surface area (Å²) >= 11 is 0. The van der Waals surface area contributed by atoms with Gasteiger partial charge >= 0.3 is 12.1 Å². The summed E-state index contributed by atoms with van der Waals surface area (Å²) in [6.45, 7) is 3.20. The summed E-state index contributed by atoms with van der Waals surface area (Å²) < 4.78 is 52.8. The lowest BCUT2D eigenvalue weighted by Gasteiger charge is -2.20. The average molecular weight is 363 g/mol. The van der Waals surface area contributed by atoms with Gasteiger partial charge in [0, 0.05) is 24.6 Å². The van der Waals surface area contributed by atoms with Crippen LogP contribution in [0.1, 0.15) is 25.0 Å². The van der Waals surface area contributed by atoms with Gasteiger partial charge in [0.05, 0.1) is 14.2 Å². The van der Waals surface area contributed by atoms with Crippen LogP contribution in [0.5, 0.6) is 17.2 Å². The summed E-state index contributed by atoms with van der Waals surface area (Å²) in [5, 5.41) is 2.52. The fourth-order valence-corrected chi connectivity index (χ4v) is 2.23. The van der Waals surface area contributed by atoms with Crippen molar-refractivity contribution >= 4 is 11.9 Å². The first-order valence-electron chi connectivity index (χ1n) is 7.45. The number of rotatable bonds is 7. The minimum atomic E-state index is -5.16. The van der Waals surface area contributed by atoms with Crippen LogP contribution in [0, 0.1) is 0 Å². The second kappa shape index (κ2) is 8.59. The van der Waals surface area contributed by atoms with E-state index in [0.717, 1.165) is 0 Å². The maximum Gasteiger partial charge on any atom is 0.491 e. The molecule has 0 aliphatic rings. The van der Waals surface area contributed by atoms with Gasteiger partial charge in [0.1, 0.15) is 5.75 Å². The highest BCUT2D eigenvalue weighted by Gasteiger charge is 2.42. The fraction of sp³-hybridized carbons (Fsp3) is 0.500. The van der Waals surface area contributed by atoms with E-state index in [1.807, 2.05) is 0 Å². The molecule has 0 saturated heterocycles.